The van der Waals surface area contributed by atoms with Gasteiger partial charge < -0.3 is 9.72 Å². The molecule has 2 aromatic heterocycles. The van der Waals surface area contributed by atoms with Crippen molar-refractivity contribution in [1.82, 2.24) is 19.9 Å². The molecular formula is C25H26N4O3. The molecule has 1 fully saturated rings. The lowest BCUT2D eigenvalue weighted by Crippen LogP contribution is -2.42. The maximum absolute atomic E-state index is 12.8. The first-order chi connectivity index (χ1) is 15.6. The van der Waals surface area contributed by atoms with Crippen LogP contribution in [0.25, 0.3) is 11.4 Å². The third kappa shape index (κ3) is 3.73. The number of ether oxygens (including phenoxy) is 1. The molecule has 1 saturated heterocycles. The highest BCUT2D eigenvalue weighted by Gasteiger charge is 2.44. The molecule has 1 aromatic carbocycles. The maximum atomic E-state index is 12.8. The minimum Gasteiger partial charge on any atom is -0.464 e. The topological polar surface area (TPSA) is 88.2 Å². The molecule has 0 bridgehead atoms. The van der Waals surface area contributed by atoms with E-state index in [1.165, 1.54) is 7.11 Å². The van der Waals surface area contributed by atoms with Crippen LogP contribution in [0.3, 0.4) is 0 Å². The Morgan fingerprint density at radius 2 is 1.84 bits per heavy atom. The van der Waals surface area contributed by atoms with E-state index in [2.05, 4.69) is 14.9 Å². The number of esters is 1. The molecule has 0 unspecified atom stereocenters. The van der Waals surface area contributed by atoms with Gasteiger partial charge in [-0.05, 0) is 50.9 Å². The first kappa shape index (κ1) is 20.6. The Labute approximate surface area is 186 Å². The van der Waals surface area contributed by atoms with Gasteiger partial charge in [-0.1, -0.05) is 36.4 Å². The Hall–Kier alpha value is -3.32. The van der Waals surface area contributed by atoms with Gasteiger partial charge in [0.25, 0.3) is 5.56 Å². The van der Waals surface area contributed by atoms with Crippen molar-refractivity contribution in [2.75, 3.05) is 20.2 Å². The number of likely N-dealkylation sites (tertiary alicyclic amines) is 1. The molecular weight excluding hydrogens is 404 g/mol. The number of aromatic amines is 1. The molecule has 1 spiro atoms. The average molecular weight is 431 g/mol. The van der Waals surface area contributed by atoms with Crippen molar-refractivity contribution in [3.8, 4) is 11.4 Å². The second-order valence-electron chi connectivity index (χ2n) is 8.67. The molecule has 1 aliphatic carbocycles. The van der Waals surface area contributed by atoms with Gasteiger partial charge in [-0.3, -0.25) is 9.69 Å². The monoisotopic (exact) mass is 430 g/mol. The number of nitrogens with zero attached hydrogens (tertiary/aromatic N) is 3. The quantitative estimate of drug-likeness (QED) is 0.640. The molecule has 0 saturated carbocycles. The van der Waals surface area contributed by atoms with E-state index < -0.39 is 5.97 Å². The second kappa shape index (κ2) is 8.31. The van der Waals surface area contributed by atoms with Crippen LogP contribution in [0.5, 0.6) is 0 Å². The normalized spacial score (nSPS) is 17.3. The summed E-state index contributed by atoms with van der Waals surface area (Å²) in [5, 5.41) is 0. The first-order valence-corrected chi connectivity index (χ1v) is 11.0. The second-order valence-corrected chi connectivity index (χ2v) is 8.67. The van der Waals surface area contributed by atoms with Gasteiger partial charge in [0.05, 0.1) is 18.5 Å². The number of H-pyrrole nitrogens is 1. The summed E-state index contributed by atoms with van der Waals surface area (Å²) in [6, 6.07) is 15.3. The molecule has 3 aromatic rings. The van der Waals surface area contributed by atoms with Gasteiger partial charge in [0, 0.05) is 23.1 Å². The molecule has 1 aliphatic heterocycles. The average Bonchev–Trinajstić information content (AvgIpc) is 3.19. The van der Waals surface area contributed by atoms with Crippen molar-refractivity contribution < 1.29 is 9.53 Å². The van der Waals surface area contributed by atoms with Crippen molar-refractivity contribution in [2.24, 2.45) is 0 Å². The van der Waals surface area contributed by atoms with E-state index in [-0.39, 0.29) is 11.0 Å². The zero-order valence-corrected chi connectivity index (χ0v) is 18.1. The fraction of sp³-hybridized carbons (Fsp3) is 0.360. The van der Waals surface area contributed by atoms with Crippen LogP contribution in [0.1, 0.15) is 46.7 Å². The van der Waals surface area contributed by atoms with E-state index in [0.29, 0.717) is 18.1 Å². The molecule has 164 valence electrons. The summed E-state index contributed by atoms with van der Waals surface area (Å²) >= 11 is 0. The zero-order valence-electron chi connectivity index (χ0n) is 18.1. The Balaban J connectivity index is 1.34. The van der Waals surface area contributed by atoms with Crippen LogP contribution in [-0.4, -0.2) is 46.0 Å². The summed E-state index contributed by atoms with van der Waals surface area (Å²) in [4.78, 5) is 39.3. The number of carbonyl (C=O) groups is 1. The van der Waals surface area contributed by atoms with E-state index >= 15 is 0 Å². The highest BCUT2D eigenvalue weighted by Crippen LogP contribution is 2.44. The van der Waals surface area contributed by atoms with Gasteiger partial charge in [-0.15, -0.1) is 0 Å². The molecule has 0 radical (unpaired) electrons. The third-order valence-corrected chi connectivity index (χ3v) is 6.82. The predicted molar refractivity (Wildman–Crippen MR) is 120 cm³/mol. The van der Waals surface area contributed by atoms with Gasteiger partial charge in [0.2, 0.25) is 0 Å². The van der Waals surface area contributed by atoms with E-state index in [0.717, 1.165) is 61.3 Å². The lowest BCUT2D eigenvalue weighted by atomic mass is 9.76. The molecule has 1 N–H and O–H groups in total. The van der Waals surface area contributed by atoms with Crippen LogP contribution in [0.15, 0.2) is 53.3 Å². The van der Waals surface area contributed by atoms with E-state index in [9.17, 15) is 9.59 Å². The molecule has 0 atom stereocenters. The standard InChI is InChI=1S/C25H26N4O3/c1-32-24(31)20-9-5-8-18(26-20)16-29-14-12-25(13-15-29)11-10-19-21(25)27-22(28-23(19)30)17-6-3-2-4-7-17/h2-9H,10-16H2,1H3,(H,27,28,30). The van der Waals surface area contributed by atoms with Crippen LogP contribution in [0, 0.1) is 0 Å². The lowest BCUT2D eigenvalue weighted by molar-refractivity contribution is 0.0593. The van der Waals surface area contributed by atoms with E-state index in [1.54, 1.807) is 6.07 Å². The van der Waals surface area contributed by atoms with Gasteiger partial charge in [0.15, 0.2) is 0 Å². The predicted octanol–water partition coefficient (Wildman–Crippen LogP) is 3.10. The van der Waals surface area contributed by atoms with E-state index in [4.69, 9.17) is 9.72 Å². The van der Waals surface area contributed by atoms with Gasteiger partial charge >= 0.3 is 5.97 Å². The summed E-state index contributed by atoms with van der Waals surface area (Å²) < 4.78 is 4.78. The fourth-order valence-corrected chi connectivity index (χ4v) is 5.02. The van der Waals surface area contributed by atoms with Crippen LogP contribution < -0.4 is 5.56 Å². The minimum atomic E-state index is -0.419. The number of benzene rings is 1. The van der Waals surface area contributed by atoms with Gasteiger partial charge in [-0.2, -0.15) is 0 Å². The number of methoxy groups -OCH3 is 1. The van der Waals surface area contributed by atoms with Crippen molar-refractivity contribution in [1.29, 1.82) is 0 Å². The Bertz CT molecular complexity index is 1200. The number of carbonyl (C=O) groups excluding carboxylic acids is 1. The van der Waals surface area contributed by atoms with E-state index in [1.807, 2.05) is 42.5 Å². The molecule has 32 heavy (non-hydrogen) atoms. The van der Waals surface area contributed by atoms with Crippen LogP contribution in [-0.2, 0) is 23.1 Å². The van der Waals surface area contributed by atoms with Gasteiger partial charge in [-0.25, -0.2) is 14.8 Å². The smallest absolute Gasteiger partial charge is 0.356 e. The number of hydrogen-bond donors (Lipinski definition) is 1. The van der Waals surface area contributed by atoms with Crippen molar-refractivity contribution >= 4 is 5.97 Å². The molecule has 0 amide bonds. The van der Waals surface area contributed by atoms with Crippen LogP contribution in [0.4, 0.5) is 0 Å². The zero-order chi connectivity index (χ0) is 22.1. The fourth-order valence-electron chi connectivity index (χ4n) is 5.02. The number of fused-ring (bicyclic) bond motifs is 2. The molecule has 2 aliphatic rings. The van der Waals surface area contributed by atoms with Crippen molar-refractivity contribution in [3.63, 3.8) is 0 Å². The number of hydrogen-bond acceptors (Lipinski definition) is 6. The SMILES string of the molecule is COC(=O)c1cccc(CN2CCC3(CCc4c3nc(-c3ccccc3)[nH]c4=O)CC2)n1. The third-order valence-electron chi connectivity index (χ3n) is 6.82. The summed E-state index contributed by atoms with van der Waals surface area (Å²) in [5.41, 5.74) is 3.93. The Kier molecular flexibility index (Phi) is 5.35. The highest BCUT2D eigenvalue weighted by molar-refractivity contribution is 5.87. The summed E-state index contributed by atoms with van der Waals surface area (Å²) in [6.45, 7) is 2.49. The molecule has 3 heterocycles. The van der Waals surface area contributed by atoms with Crippen molar-refractivity contribution in [2.45, 2.75) is 37.6 Å². The lowest BCUT2D eigenvalue weighted by Gasteiger charge is -2.39. The van der Waals surface area contributed by atoms with Crippen LogP contribution in [0.2, 0.25) is 0 Å². The molecule has 5 rings (SSSR count). The number of aromatic nitrogens is 3. The first-order valence-electron chi connectivity index (χ1n) is 11.0. The molecule has 7 nitrogen and oxygen atoms in total. The maximum Gasteiger partial charge on any atom is 0.356 e. The van der Waals surface area contributed by atoms with Crippen LogP contribution >= 0.6 is 0 Å². The highest BCUT2D eigenvalue weighted by atomic mass is 16.5. The largest absolute Gasteiger partial charge is 0.464 e. The molecule has 7 heteroatoms. The number of pyridine rings is 1. The Morgan fingerprint density at radius 3 is 2.59 bits per heavy atom. The summed E-state index contributed by atoms with van der Waals surface area (Å²) in [5.74, 6) is 0.236. The minimum absolute atomic E-state index is 0.00279. The van der Waals surface area contributed by atoms with Gasteiger partial charge in [0.1, 0.15) is 11.5 Å². The van der Waals surface area contributed by atoms with Crippen molar-refractivity contribution in [3.05, 3.63) is 81.5 Å². The number of rotatable bonds is 4. The summed E-state index contributed by atoms with van der Waals surface area (Å²) in [6.07, 6.45) is 3.68. The summed E-state index contributed by atoms with van der Waals surface area (Å²) in [7, 11) is 1.36. The Morgan fingerprint density at radius 1 is 1.06 bits per heavy atom. The number of nitrogens with one attached hydrogen (secondary N) is 1. The number of piperidine rings is 1.